The van der Waals surface area contributed by atoms with Crippen LogP contribution in [0.3, 0.4) is 0 Å². The lowest BCUT2D eigenvalue weighted by molar-refractivity contribution is 0.132. The van der Waals surface area contributed by atoms with Crippen LogP contribution in [-0.2, 0) is 0 Å². The van der Waals surface area contributed by atoms with E-state index in [1.54, 1.807) is 6.20 Å². The van der Waals surface area contributed by atoms with Crippen molar-refractivity contribution in [2.24, 2.45) is 0 Å². The molecule has 0 radical (unpaired) electrons. The van der Waals surface area contributed by atoms with Gasteiger partial charge in [0.1, 0.15) is 0 Å². The van der Waals surface area contributed by atoms with Gasteiger partial charge in [-0.3, -0.25) is 4.98 Å². The Morgan fingerprint density at radius 3 is 2.57 bits per heavy atom. The fraction of sp³-hybridized carbons (Fsp3) is 0.235. The summed E-state index contributed by atoms with van der Waals surface area (Å²) in [5.74, 6) is 0. The maximum absolute atomic E-state index is 10.6. The number of halogens is 2. The molecule has 2 atom stereocenters. The fourth-order valence-electron chi connectivity index (χ4n) is 2.78. The summed E-state index contributed by atoms with van der Waals surface area (Å²) in [5, 5.41) is 14.8. The Hall–Kier alpha value is -1.59. The SMILES string of the molecule is CNC[C@@H](O)[C@H](c1ccccc1)n1ccc2ccncc21.Cl.Cl. The molecule has 2 heterocycles. The van der Waals surface area contributed by atoms with Gasteiger partial charge in [-0.05, 0) is 24.7 Å². The first-order valence-corrected chi connectivity index (χ1v) is 7.09. The number of aliphatic hydroxyl groups is 1. The average molecular weight is 354 g/mol. The summed E-state index contributed by atoms with van der Waals surface area (Å²) in [6.07, 6.45) is 5.13. The summed E-state index contributed by atoms with van der Waals surface area (Å²) in [7, 11) is 1.85. The van der Waals surface area contributed by atoms with Crippen molar-refractivity contribution in [1.29, 1.82) is 0 Å². The molecule has 6 heteroatoms. The van der Waals surface area contributed by atoms with Crippen LogP contribution in [0.4, 0.5) is 0 Å². The fourth-order valence-corrected chi connectivity index (χ4v) is 2.78. The lowest BCUT2D eigenvalue weighted by atomic mass is 10.0. The second-order valence-corrected chi connectivity index (χ2v) is 5.14. The normalized spacial score (nSPS) is 13.0. The second-order valence-electron chi connectivity index (χ2n) is 5.14. The van der Waals surface area contributed by atoms with Crippen molar-refractivity contribution < 1.29 is 5.11 Å². The summed E-state index contributed by atoms with van der Waals surface area (Å²) in [6, 6.07) is 14.0. The highest BCUT2D eigenvalue weighted by Crippen LogP contribution is 2.27. The zero-order valence-electron chi connectivity index (χ0n) is 12.8. The predicted octanol–water partition coefficient (Wildman–Crippen LogP) is 3.05. The number of likely N-dealkylation sites (N-methyl/N-ethyl adjacent to an activating group) is 1. The first-order valence-electron chi connectivity index (χ1n) is 7.09. The molecule has 0 spiro atoms. The average Bonchev–Trinajstić information content (AvgIpc) is 2.93. The van der Waals surface area contributed by atoms with Gasteiger partial charge in [0, 0.05) is 24.3 Å². The van der Waals surface area contributed by atoms with Gasteiger partial charge in [0.05, 0.1) is 23.9 Å². The quantitative estimate of drug-likeness (QED) is 0.741. The van der Waals surface area contributed by atoms with Crippen LogP contribution in [0.1, 0.15) is 11.6 Å². The largest absolute Gasteiger partial charge is 0.389 e. The molecule has 23 heavy (non-hydrogen) atoms. The molecule has 124 valence electrons. The van der Waals surface area contributed by atoms with Gasteiger partial charge in [-0.15, -0.1) is 24.8 Å². The van der Waals surface area contributed by atoms with Gasteiger partial charge in [-0.25, -0.2) is 0 Å². The predicted molar refractivity (Wildman–Crippen MR) is 98.7 cm³/mol. The third-order valence-corrected chi connectivity index (χ3v) is 3.74. The smallest absolute Gasteiger partial charge is 0.0912 e. The topological polar surface area (TPSA) is 50.1 Å². The molecule has 1 aromatic carbocycles. The van der Waals surface area contributed by atoms with E-state index < -0.39 is 6.10 Å². The molecule has 3 aromatic rings. The van der Waals surface area contributed by atoms with Crippen molar-refractivity contribution in [3.05, 3.63) is 66.6 Å². The summed E-state index contributed by atoms with van der Waals surface area (Å²) in [5.41, 5.74) is 2.11. The third kappa shape index (κ3) is 4.03. The molecule has 4 nitrogen and oxygen atoms in total. The van der Waals surface area contributed by atoms with Crippen LogP contribution in [-0.4, -0.2) is 34.4 Å². The first-order chi connectivity index (χ1) is 10.3. The van der Waals surface area contributed by atoms with Crippen LogP contribution >= 0.6 is 24.8 Å². The van der Waals surface area contributed by atoms with Gasteiger partial charge >= 0.3 is 0 Å². The Kier molecular flexibility index (Phi) is 7.52. The molecule has 0 unspecified atom stereocenters. The second kappa shape index (κ2) is 8.89. The van der Waals surface area contributed by atoms with E-state index in [4.69, 9.17) is 0 Å². The van der Waals surface area contributed by atoms with Crippen LogP contribution in [0.15, 0.2) is 61.1 Å². The molecule has 2 N–H and O–H groups in total. The summed E-state index contributed by atoms with van der Waals surface area (Å²) in [4.78, 5) is 4.21. The zero-order valence-corrected chi connectivity index (χ0v) is 14.4. The number of nitrogens with zero attached hydrogens (tertiary/aromatic N) is 2. The molecule has 0 bridgehead atoms. The lowest BCUT2D eigenvalue weighted by Crippen LogP contribution is -2.33. The molecule has 0 aliphatic rings. The highest BCUT2D eigenvalue weighted by molar-refractivity contribution is 5.85. The lowest BCUT2D eigenvalue weighted by Gasteiger charge is -2.26. The van der Waals surface area contributed by atoms with Crippen LogP contribution in [0.25, 0.3) is 10.9 Å². The van der Waals surface area contributed by atoms with Crippen LogP contribution in [0.5, 0.6) is 0 Å². The Bertz CT molecular complexity index is 718. The maximum atomic E-state index is 10.6. The van der Waals surface area contributed by atoms with Crippen LogP contribution in [0, 0.1) is 0 Å². The Morgan fingerprint density at radius 2 is 1.87 bits per heavy atom. The van der Waals surface area contributed by atoms with E-state index in [0.29, 0.717) is 6.54 Å². The number of hydrogen-bond acceptors (Lipinski definition) is 3. The number of hydrogen-bond donors (Lipinski definition) is 2. The van der Waals surface area contributed by atoms with Crippen LogP contribution in [0.2, 0.25) is 0 Å². The third-order valence-electron chi connectivity index (χ3n) is 3.74. The van der Waals surface area contributed by atoms with E-state index in [0.717, 1.165) is 16.5 Å². The number of fused-ring (bicyclic) bond motifs is 1. The van der Waals surface area contributed by atoms with Crippen molar-refractivity contribution in [3.8, 4) is 0 Å². The van der Waals surface area contributed by atoms with Gasteiger partial charge in [0.15, 0.2) is 0 Å². The van der Waals surface area contributed by atoms with Crippen molar-refractivity contribution in [2.45, 2.75) is 12.1 Å². The van der Waals surface area contributed by atoms with E-state index in [2.05, 4.69) is 20.9 Å². The van der Waals surface area contributed by atoms with E-state index in [-0.39, 0.29) is 30.9 Å². The monoisotopic (exact) mass is 353 g/mol. The summed E-state index contributed by atoms with van der Waals surface area (Å²) < 4.78 is 2.10. The molecule has 0 aliphatic heterocycles. The van der Waals surface area contributed by atoms with Crippen LogP contribution < -0.4 is 5.32 Å². The molecule has 0 aliphatic carbocycles. The summed E-state index contributed by atoms with van der Waals surface area (Å²) >= 11 is 0. The van der Waals surface area contributed by atoms with Gasteiger partial charge in [-0.1, -0.05) is 30.3 Å². The molecule has 2 aromatic heterocycles. The minimum Gasteiger partial charge on any atom is -0.389 e. The van der Waals surface area contributed by atoms with Gasteiger partial charge in [-0.2, -0.15) is 0 Å². The van der Waals surface area contributed by atoms with Gasteiger partial charge in [0.2, 0.25) is 0 Å². The first kappa shape index (κ1) is 19.5. The summed E-state index contributed by atoms with van der Waals surface area (Å²) in [6.45, 7) is 0.527. The van der Waals surface area contributed by atoms with Crippen molar-refractivity contribution >= 4 is 35.7 Å². The standard InChI is InChI=1S/C17H19N3O.2ClH/c1-18-12-16(21)17(14-5-3-2-4-6-14)20-10-8-13-7-9-19-11-15(13)20;;/h2-11,16-18,21H,12H2,1H3;2*1H/t16-,17+;;/m1../s1. The van der Waals surface area contributed by atoms with Crippen molar-refractivity contribution in [2.75, 3.05) is 13.6 Å². The highest BCUT2D eigenvalue weighted by atomic mass is 35.5. The van der Waals surface area contributed by atoms with E-state index >= 15 is 0 Å². The maximum Gasteiger partial charge on any atom is 0.0912 e. The Morgan fingerprint density at radius 1 is 1.13 bits per heavy atom. The van der Waals surface area contributed by atoms with E-state index in [9.17, 15) is 5.11 Å². The van der Waals surface area contributed by atoms with E-state index in [1.807, 2.05) is 55.8 Å². The number of benzene rings is 1. The Balaban J connectivity index is 0.00000132. The molecule has 0 saturated heterocycles. The van der Waals surface area contributed by atoms with E-state index in [1.165, 1.54) is 0 Å². The molecule has 0 saturated carbocycles. The molecule has 3 rings (SSSR count). The van der Waals surface area contributed by atoms with Gasteiger partial charge < -0.3 is 15.0 Å². The van der Waals surface area contributed by atoms with Gasteiger partial charge in [0.25, 0.3) is 0 Å². The molecule has 0 fully saturated rings. The number of nitrogens with one attached hydrogen (secondary N) is 1. The minimum absolute atomic E-state index is 0. The van der Waals surface area contributed by atoms with Crippen molar-refractivity contribution in [1.82, 2.24) is 14.9 Å². The highest BCUT2D eigenvalue weighted by Gasteiger charge is 2.23. The molecule has 0 amide bonds. The zero-order chi connectivity index (χ0) is 14.7. The molecular weight excluding hydrogens is 333 g/mol. The number of aromatic nitrogens is 2. The minimum atomic E-state index is -0.520. The number of aliphatic hydroxyl groups excluding tert-OH is 1. The molecular formula is C17H21Cl2N3O. The number of pyridine rings is 1. The van der Waals surface area contributed by atoms with Crippen molar-refractivity contribution in [3.63, 3.8) is 0 Å². The Labute approximate surface area is 148 Å². The number of rotatable bonds is 5.